The topological polar surface area (TPSA) is 82.5 Å². The van der Waals surface area contributed by atoms with E-state index in [-0.39, 0.29) is 5.97 Å². The van der Waals surface area contributed by atoms with Crippen molar-refractivity contribution in [2.24, 2.45) is 5.92 Å². The third-order valence-corrected chi connectivity index (χ3v) is 5.75. The maximum absolute atomic E-state index is 11.7. The number of nitrogens with two attached hydrogens (primary N) is 1. The minimum Gasteiger partial charge on any atom is -0.466 e. The Kier molecular flexibility index (Phi) is 5.28. The first-order valence-corrected chi connectivity index (χ1v) is 10.00. The van der Waals surface area contributed by atoms with Crippen LogP contribution in [0.2, 0.25) is 0 Å². The average Bonchev–Trinajstić information content (AvgIpc) is 3.19. The molecule has 0 amide bonds. The van der Waals surface area contributed by atoms with Crippen LogP contribution in [0, 0.1) is 5.92 Å². The van der Waals surface area contributed by atoms with Gasteiger partial charge in [0.2, 0.25) is 0 Å². The van der Waals surface area contributed by atoms with Crippen molar-refractivity contribution in [1.29, 1.82) is 0 Å². The third kappa shape index (κ3) is 3.72. The molecule has 1 saturated carbocycles. The van der Waals surface area contributed by atoms with Gasteiger partial charge in [-0.2, -0.15) is 9.61 Å². The van der Waals surface area contributed by atoms with Crippen molar-refractivity contribution in [3.8, 4) is 11.1 Å². The van der Waals surface area contributed by atoms with Crippen molar-refractivity contribution in [2.75, 3.05) is 12.3 Å². The fraction of sp³-hybridized carbons (Fsp3) is 0.409. The first-order valence-electron chi connectivity index (χ1n) is 10.00. The lowest BCUT2D eigenvalue weighted by Crippen LogP contribution is -2.17. The predicted octanol–water partition coefficient (Wildman–Crippen LogP) is 4.21. The average molecular weight is 378 g/mol. The number of carbonyl (C=O) groups excluding carboxylic acids is 1. The van der Waals surface area contributed by atoms with Crippen molar-refractivity contribution < 1.29 is 9.53 Å². The molecule has 4 rings (SSSR count). The van der Waals surface area contributed by atoms with Crippen molar-refractivity contribution in [3.63, 3.8) is 0 Å². The number of ether oxygens (including phenoxy) is 1. The van der Waals surface area contributed by atoms with Crippen LogP contribution in [0.1, 0.15) is 50.5 Å². The van der Waals surface area contributed by atoms with Crippen LogP contribution in [-0.2, 0) is 9.53 Å². The molecule has 1 aromatic carbocycles. The van der Waals surface area contributed by atoms with Crippen molar-refractivity contribution in [2.45, 2.75) is 44.9 Å². The van der Waals surface area contributed by atoms with Gasteiger partial charge in [0.15, 0.2) is 5.65 Å². The van der Waals surface area contributed by atoms with E-state index in [2.05, 4.69) is 34.3 Å². The molecule has 2 N–H and O–H groups in total. The van der Waals surface area contributed by atoms with Crippen LogP contribution in [0.15, 0.2) is 42.7 Å². The fourth-order valence-corrected chi connectivity index (χ4v) is 4.20. The molecule has 0 spiro atoms. The number of fused-ring (bicyclic) bond motifs is 1. The molecule has 0 aliphatic heterocycles. The molecule has 28 heavy (non-hydrogen) atoms. The summed E-state index contributed by atoms with van der Waals surface area (Å²) in [6.07, 6.45) is 8.46. The number of nitrogens with zero attached hydrogens (tertiary/aromatic N) is 3. The van der Waals surface area contributed by atoms with Gasteiger partial charge in [-0.25, -0.2) is 4.98 Å². The van der Waals surface area contributed by atoms with E-state index in [9.17, 15) is 4.79 Å². The van der Waals surface area contributed by atoms with Gasteiger partial charge in [-0.05, 0) is 55.6 Å². The van der Waals surface area contributed by atoms with Crippen molar-refractivity contribution in [1.82, 2.24) is 14.6 Å². The summed E-state index contributed by atoms with van der Waals surface area (Å²) in [6.45, 7) is 2.32. The minimum atomic E-state index is -0.0596. The lowest BCUT2D eigenvalue weighted by molar-refractivity contribution is -0.144. The highest BCUT2D eigenvalue weighted by Crippen LogP contribution is 2.38. The van der Waals surface area contributed by atoms with Gasteiger partial charge in [-0.15, -0.1) is 0 Å². The number of benzene rings is 1. The van der Waals surface area contributed by atoms with Gasteiger partial charge >= 0.3 is 5.97 Å². The van der Waals surface area contributed by atoms with Gasteiger partial charge < -0.3 is 10.5 Å². The smallest absolute Gasteiger partial charge is 0.306 e. The zero-order chi connectivity index (χ0) is 19.5. The number of anilines is 1. The Hall–Kier alpha value is -2.89. The maximum Gasteiger partial charge on any atom is 0.306 e. The summed E-state index contributed by atoms with van der Waals surface area (Å²) in [4.78, 5) is 16.1. The van der Waals surface area contributed by atoms with Crippen LogP contribution in [-0.4, -0.2) is 27.2 Å². The number of carbonyl (C=O) groups is 1. The zero-order valence-corrected chi connectivity index (χ0v) is 16.2. The summed E-state index contributed by atoms with van der Waals surface area (Å²) in [5.74, 6) is 1.55. The quantitative estimate of drug-likeness (QED) is 0.673. The van der Waals surface area contributed by atoms with Crippen molar-refractivity contribution >= 4 is 17.4 Å². The molecule has 146 valence electrons. The SMILES string of the molecule is CCOC(=O)CC1CCC(c2ccc(-c3cnc4ccnn4c3N)cc2)CC1. The molecule has 1 aliphatic rings. The summed E-state index contributed by atoms with van der Waals surface area (Å²) in [6, 6.07) is 10.4. The zero-order valence-electron chi connectivity index (χ0n) is 16.2. The Bertz CT molecular complexity index is 956. The summed E-state index contributed by atoms with van der Waals surface area (Å²) in [5.41, 5.74) is 10.3. The summed E-state index contributed by atoms with van der Waals surface area (Å²) >= 11 is 0. The van der Waals surface area contributed by atoms with Crippen LogP contribution in [0.5, 0.6) is 0 Å². The molecule has 2 aromatic heterocycles. The predicted molar refractivity (Wildman–Crippen MR) is 109 cm³/mol. The van der Waals surface area contributed by atoms with Crippen molar-refractivity contribution in [3.05, 3.63) is 48.3 Å². The number of hydrogen-bond donors (Lipinski definition) is 1. The Morgan fingerprint density at radius 3 is 2.64 bits per heavy atom. The summed E-state index contributed by atoms with van der Waals surface area (Å²) in [5, 5.41) is 4.23. The molecule has 2 heterocycles. The van der Waals surface area contributed by atoms with Crippen LogP contribution < -0.4 is 5.73 Å². The van der Waals surface area contributed by atoms with E-state index in [1.165, 1.54) is 5.56 Å². The highest BCUT2D eigenvalue weighted by atomic mass is 16.5. The molecule has 0 bridgehead atoms. The van der Waals surface area contributed by atoms with Crippen LogP contribution in [0.25, 0.3) is 16.8 Å². The highest BCUT2D eigenvalue weighted by molar-refractivity contribution is 5.75. The Balaban J connectivity index is 1.42. The Labute approximate surface area is 164 Å². The molecule has 0 unspecified atom stereocenters. The second kappa shape index (κ2) is 8.00. The molecular weight excluding hydrogens is 352 g/mol. The second-order valence-electron chi connectivity index (χ2n) is 7.51. The number of hydrogen-bond acceptors (Lipinski definition) is 5. The van der Waals surface area contributed by atoms with E-state index in [0.717, 1.165) is 42.5 Å². The van der Waals surface area contributed by atoms with Gasteiger partial charge in [0.1, 0.15) is 5.82 Å². The van der Waals surface area contributed by atoms with Gasteiger partial charge in [0, 0.05) is 24.2 Å². The van der Waals surface area contributed by atoms with Gasteiger partial charge in [-0.1, -0.05) is 24.3 Å². The van der Waals surface area contributed by atoms with E-state index in [0.29, 0.717) is 30.7 Å². The van der Waals surface area contributed by atoms with E-state index >= 15 is 0 Å². The van der Waals surface area contributed by atoms with Crippen LogP contribution in [0.4, 0.5) is 5.82 Å². The van der Waals surface area contributed by atoms with E-state index < -0.39 is 0 Å². The molecular formula is C22H26N4O2. The summed E-state index contributed by atoms with van der Waals surface area (Å²) in [7, 11) is 0. The first kappa shape index (κ1) is 18.5. The van der Waals surface area contributed by atoms with E-state index in [1.54, 1.807) is 10.7 Å². The molecule has 0 atom stereocenters. The monoisotopic (exact) mass is 378 g/mol. The number of esters is 1. The minimum absolute atomic E-state index is 0.0596. The molecule has 3 aromatic rings. The third-order valence-electron chi connectivity index (χ3n) is 5.75. The molecule has 1 fully saturated rings. The van der Waals surface area contributed by atoms with Gasteiger partial charge in [0.05, 0.1) is 12.8 Å². The normalized spacial score (nSPS) is 19.6. The summed E-state index contributed by atoms with van der Waals surface area (Å²) < 4.78 is 6.74. The number of nitrogen functional groups attached to an aromatic ring is 1. The highest BCUT2D eigenvalue weighted by Gasteiger charge is 2.24. The maximum atomic E-state index is 11.7. The first-order chi connectivity index (χ1) is 13.7. The molecule has 0 saturated heterocycles. The number of rotatable bonds is 5. The Morgan fingerprint density at radius 1 is 1.18 bits per heavy atom. The van der Waals surface area contributed by atoms with Gasteiger partial charge in [0.25, 0.3) is 0 Å². The molecule has 6 heteroatoms. The Morgan fingerprint density at radius 2 is 1.93 bits per heavy atom. The van der Waals surface area contributed by atoms with Crippen LogP contribution in [0.3, 0.4) is 0 Å². The molecule has 0 radical (unpaired) electrons. The lowest BCUT2D eigenvalue weighted by Gasteiger charge is -2.28. The van der Waals surface area contributed by atoms with E-state index in [1.807, 2.05) is 19.2 Å². The lowest BCUT2D eigenvalue weighted by atomic mass is 9.77. The molecule has 1 aliphatic carbocycles. The van der Waals surface area contributed by atoms with Crippen LogP contribution >= 0.6 is 0 Å². The second-order valence-corrected chi connectivity index (χ2v) is 7.51. The standard InChI is InChI=1S/C22H26N4O2/c1-2-28-21(27)13-15-3-5-16(6-4-15)17-7-9-18(10-8-17)19-14-24-20-11-12-25-26(20)22(19)23/h7-12,14-16H,2-6,13,23H2,1H3. The fourth-order valence-electron chi connectivity index (χ4n) is 4.20. The van der Waals surface area contributed by atoms with E-state index in [4.69, 9.17) is 10.5 Å². The largest absolute Gasteiger partial charge is 0.466 e. The van der Waals surface area contributed by atoms with Gasteiger partial charge in [-0.3, -0.25) is 4.79 Å². The number of aromatic nitrogens is 3. The molecule has 6 nitrogen and oxygen atoms in total.